The van der Waals surface area contributed by atoms with Gasteiger partial charge in [-0.1, -0.05) is 0 Å². The molecule has 1 heterocycles. The Hall–Kier alpha value is -3.32. The molecule has 0 aliphatic rings. The number of hydrogen-bond donors (Lipinski definition) is 4. The maximum atomic E-state index is 12.4. The van der Waals surface area contributed by atoms with Crippen LogP contribution in [-0.4, -0.2) is 34.6 Å². The number of pyridine rings is 1. The molecule has 27 heavy (non-hydrogen) atoms. The number of aromatic nitrogens is 1. The Labute approximate surface area is 153 Å². The average Bonchev–Trinajstić information content (AvgIpc) is 2.54. The van der Waals surface area contributed by atoms with Gasteiger partial charge in [0.25, 0.3) is 5.69 Å². The number of non-ortho nitro benzene ring substituents is 1. The van der Waals surface area contributed by atoms with Gasteiger partial charge >= 0.3 is 0 Å². The highest BCUT2D eigenvalue weighted by molar-refractivity contribution is 7.89. The second kappa shape index (κ2) is 7.51. The molecule has 0 aliphatic carbocycles. The Kier molecular flexibility index (Phi) is 5.56. The molecule has 0 unspecified atom stereocenters. The van der Waals surface area contributed by atoms with Crippen LogP contribution in [0.15, 0.2) is 39.4 Å². The molecular weight excluding hydrogens is 380 g/mol. The number of azo groups is 1. The topological polar surface area (TPSA) is 193 Å². The number of nitro benzene ring substituents is 1. The average molecular weight is 396 g/mol. The predicted molar refractivity (Wildman–Crippen MR) is 94.7 cm³/mol. The third-order valence-electron chi connectivity index (χ3n) is 3.08. The van der Waals surface area contributed by atoms with Crippen molar-refractivity contribution in [3.63, 3.8) is 0 Å². The fraction of sp³-hybridized carbons (Fsp3) is 0.214. The van der Waals surface area contributed by atoms with Crippen LogP contribution in [0, 0.1) is 10.1 Å². The number of nitro groups is 1. The summed E-state index contributed by atoms with van der Waals surface area (Å²) in [6, 6.07) is 3.51. The minimum Gasteiger partial charge on any atom is -0.505 e. The van der Waals surface area contributed by atoms with Gasteiger partial charge in [0, 0.05) is 18.2 Å². The summed E-state index contributed by atoms with van der Waals surface area (Å²) in [4.78, 5) is 13.2. The molecule has 12 nitrogen and oxygen atoms in total. The van der Waals surface area contributed by atoms with Crippen LogP contribution in [0.25, 0.3) is 0 Å². The summed E-state index contributed by atoms with van der Waals surface area (Å²) < 4.78 is 27.1. The minimum atomic E-state index is -4.10. The van der Waals surface area contributed by atoms with Crippen LogP contribution in [0.5, 0.6) is 11.5 Å². The highest BCUT2D eigenvalue weighted by Gasteiger charge is 2.23. The molecule has 0 radical (unpaired) electrons. The Morgan fingerprint density at radius 2 is 1.89 bits per heavy atom. The van der Waals surface area contributed by atoms with Gasteiger partial charge < -0.3 is 15.9 Å². The van der Waals surface area contributed by atoms with E-state index in [1.165, 1.54) is 0 Å². The number of nitrogens with zero attached hydrogens (tertiary/aromatic N) is 4. The number of phenols is 1. The number of nitrogen functional groups attached to an aromatic ring is 1. The van der Waals surface area contributed by atoms with Crippen molar-refractivity contribution in [2.45, 2.75) is 24.8 Å². The van der Waals surface area contributed by atoms with E-state index in [0.717, 1.165) is 24.3 Å². The number of rotatable bonds is 6. The first-order valence-electron chi connectivity index (χ1n) is 7.42. The summed E-state index contributed by atoms with van der Waals surface area (Å²) in [6.07, 6.45) is 0. The molecule has 0 amide bonds. The van der Waals surface area contributed by atoms with Crippen molar-refractivity contribution in [1.29, 1.82) is 0 Å². The van der Waals surface area contributed by atoms with Crippen molar-refractivity contribution in [3.05, 3.63) is 34.4 Å². The molecule has 0 aliphatic heterocycles. The summed E-state index contributed by atoms with van der Waals surface area (Å²) in [7, 11) is -4.10. The van der Waals surface area contributed by atoms with Gasteiger partial charge in [0.05, 0.1) is 11.0 Å². The van der Waals surface area contributed by atoms with Crippen LogP contribution in [0.1, 0.15) is 13.8 Å². The minimum absolute atomic E-state index is 0.158. The second-order valence-electron chi connectivity index (χ2n) is 5.62. The van der Waals surface area contributed by atoms with Gasteiger partial charge in [-0.25, -0.2) is 18.1 Å². The fourth-order valence-electron chi connectivity index (χ4n) is 1.94. The first kappa shape index (κ1) is 20.0. The number of phenolic OH excluding ortho intramolecular Hbond substituents is 1. The normalized spacial score (nSPS) is 12.0. The molecule has 144 valence electrons. The number of aromatic hydroxyl groups is 2. The number of sulfonamides is 1. The third kappa shape index (κ3) is 4.65. The first-order valence-corrected chi connectivity index (χ1v) is 8.90. The number of anilines is 1. The van der Waals surface area contributed by atoms with E-state index in [-0.39, 0.29) is 17.2 Å². The van der Waals surface area contributed by atoms with Crippen molar-refractivity contribution in [1.82, 2.24) is 9.71 Å². The van der Waals surface area contributed by atoms with Gasteiger partial charge in [-0.15, -0.1) is 10.2 Å². The summed E-state index contributed by atoms with van der Waals surface area (Å²) in [6.45, 7) is 3.19. The Balaban J connectivity index is 2.51. The van der Waals surface area contributed by atoms with E-state index < -0.39 is 43.2 Å². The van der Waals surface area contributed by atoms with Gasteiger partial charge in [0.15, 0.2) is 17.4 Å². The number of hydrogen-bond acceptors (Lipinski definition) is 10. The van der Waals surface area contributed by atoms with Crippen molar-refractivity contribution < 1.29 is 23.6 Å². The first-order chi connectivity index (χ1) is 12.5. The monoisotopic (exact) mass is 396 g/mol. The predicted octanol–water partition coefficient (Wildman–Crippen LogP) is 2.09. The zero-order valence-corrected chi connectivity index (χ0v) is 15.0. The summed E-state index contributed by atoms with van der Waals surface area (Å²) >= 11 is 0. The molecule has 0 atom stereocenters. The van der Waals surface area contributed by atoms with Crippen LogP contribution < -0.4 is 10.5 Å². The molecule has 0 bridgehead atoms. The number of nitrogens with one attached hydrogen (secondary N) is 1. The van der Waals surface area contributed by atoms with Crippen molar-refractivity contribution in [2.75, 3.05) is 5.73 Å². The lowest BCUT2D eigenvalue weighted by Gasteiger charge is -2.11. The van der Waals surface area contributed by atoms with Crippen LogP contribution in [0.4, 0.5) is 23.0 Å². The van der Waals surface area contributed by atoms with E-state index in [0.29, 0.717) is 0 Å². The van der Waals surface area contributed by atoms with Gasteiger partial charge in [-0.05, 0) is 19.9 Å². The van der Waals surface area contributed by atoms with E-state index in [9.17, 15) is 28.7 Å². The van der Waals surface area contributed by atoms with Crippen LogP contribution in [0.3, 0.4) is 0 Å². The quantitative estimate of drug-likeness (QED) is 0.323. The fourth-order valence-corrected chi connectivity index (χ4v) is 3.28. The molecule has 1 aromatic heterocycles. The maximum absolute atomic E-state index is 12.4. The molecule has 5 N–H and O–H groups in total. The maximum Gasteiger partial charge on any atom is 0.273 e. The number of benzene rings is 1. The van der Waals surface area contributed by atoms with Gasteiger partial charge in [-0.2, -0.15) is 0 Å². The Morgan fingerprint density at radius 3 is 2.44 bits per heavy atom. The standard InChI is InChI=1S/C14H16N6O6S/c1-7(2)19-27(25,26)12-6-11(22)13(15)16-14(12)18-17-9-4-3-8(20(23)24)5-10(9)21/h3-7,19,21-22H,1-2H3,(H2,15,16)/b18-17+. The molecule has 0 spiro atoms. The molecule has 2 rings (SSSR count). The van der Waals surface area contributed by atoms with Crippen molar-refractivity contribution >= 4 is 33.0 Å². The molecule has 2 aromatic rings. The van der Waals surface area contributed by atoms with E-state index in [2.05, 4.69) is 19.9 Å². The van der Waals surface area contributed by atoms with Crippen LogP contribution in [-0.2, 0) is 10.0 Å². The summed E-state index contributed by atoms with van der Waals surface area (Å²) in [5.41, 5.74) is 4.97. The highest BCUT2D eigenvalue weighted by Crippen LogP contribution is 2.34. The Bertz CT molecular complexity index is 1020. The van der Waals surface area contributed by atoms with Crippen molar-refractivity contribution in [3.8, 4) is 11.5 Å². The van der Waals surface area contributed by atoms with Gasteiger partial charge in [0.2, 0.25) is 10.0 Å². The smallest absolute Gasteiger partial charge is 0.273 e. The molecule has 0 saturated carbocycles. The highest BCUT2D eigenvalue weighted by atomic mass is 32.2. The van der Waals surface area contributed by atoms with E-state index in [1.54, 1.807) is 13.8 Å². The largest absolute Gasteiger partial charge is 0.505 e. The lowest BCUT2D eigenvalue weighted by molar-refractivity contribution is -0.384. The molecule has 1 aromatic carbocycles. The third-order valence-corrected chi connectivity index (χ3v) is 4.74. The van der Waals surface area contributed by atoms with E-state index >= 15 is 0 Å². The second-order valence-corrected chi connectivity index (χ2v) is 7.30. The van der Waals surface area contributed by atoms with Crippen LogP contribution >= 0.6 is 0 Å². The zero-order valence-electron chi connectivity index (χ0n) is 14.2. The molecule has 13 heteroatoms. The van der Waals surface area contributed by atoms with Gasteiger partial charge in [-0.3, -0.25) is 10.1 Å². The van der Waals surface area contributed by atoms with Gasteiger partial charge in [0.1, 0.15) is 16.3 Å². The van der Waals surface area contributed by atoms with Crippen molar-refractivity contribution in [2.24, 2.45) is 10.2 Å². The number of nitrogens with two attached hydrogens (primary N) is 1. The van der Waals surface area contributed by atoms with Crippen LogP contribution in [0.2, 0.25) is 0 Å². The Morgan fingerprint density at radius 1 is 1.22 bits per heavy atom. The molecule has 0 fully saturated rings. The summed E-state index contributed by atoms with van der Waals surface area (Å²) in [5.74, 6) is -1.91. The SMILES string of the molecule is CC(C)NS(=O)(=O)c1cc(O)c(N)nc1/N=N/c1ccc([N+](=O)[O-])cc1O. The summed E-state index contributed by atoms with van der Waals surface area (Å²) in [5, 5.41) is 37.5. The zero-order chi connectivity index (χ0) is 20.4. The lowest BCUT2D eigenvalue weighted by Crippen LogP contribution is -2.30. The van der Waals surface area contributed by atoms with E-state index in [4.69, 9.17) is 5.73 Å². The molecular formula is C14H16N6O6S. The lowest BCUT2D eigenvalue weighted by atomic mass is 10.2. The van der Waals surface area contributed by atoms with E-state index in [1.807, 2.05) is 0 Å². The molecule has 0 saturated heterocycles.